The van der Waals surface area contributed by atoms with Crippen molar-refractivity contribution >= 4 is 23.3 Å². The third-order valence-electron chi connectivity index (χ3n) is 3.82. The van der Waals surface area contributed by atoms with Gasteiger partial charge in [0.15, 0.2) is 0 Å². The molecular formula is C19H27ClN4O. The van der Waals surface area contributed by atoms with Crippen molar-refractivity contribution in [2.24, 2.45) is 0 Å². The van der Waals surface area contributed by atoms with Gasteiger partial charge < -0.3 is 10.6 Å². The van der Waals surface area contributed by atoms with Crippen molar-refractivity contribution in [3.8, 4) is 5.69 Å². The van der Waals surface area contributed by atoms with Crippen molar-refractivity contribution in [2.45, 2.75) is 46.0 Å². The molecule has 136 valence electrons. The summed E-state index contributed by atoms with van der Waals surface area (Å²) in [7, 11) is 0. The lowest BCUT2D eigenvalue weighted by Crippen LogP contribution is -2.29. The van der Waals surface area contributed by atoms with Gasteiger partial charge in [-0.15, -0.1) is 0 Å². The summed E-state index contributed by atoms with van der Waals surface area (Å²) in [5.41, 5.74) is 1.50. The summed E-state index contributed by atoms with van der Waals surface area (Å²) in [4.78, 5) is 12.3. The van der Waals surface area contributed by atoms with Crippen LogP contribution in [-0.4, -0.2) is 28.8 Å². The van der Waals surface area contributed by atoms with Crippen LogP contribution in [-0.2, 0) is 10.2 Å². The minimum atomic E-state index is -0.134. The number of carbonyl (C=O) groups excluding carboxylic acids is 1. The number of hydrogen-bond donors (Lipinski definition) is 2. The Morgan fingerprint density at radius 1 is 1.28 bits per heavy atom. The highest BCUT2D eigenvalue weighted by molar-refractivity contribution is 6.32. The number of hydrogen-bond acceptors (Lipinski definition) is 3. The average Bonchev–Trinajstić information content (AvgIpc) is 2.96. The van der Waals surface area contributed by atoms with Gasteiger partial charge in [0.2, 0.25) is 5.91 Å². The predicted molar refractivity (Wildman–Crippen MR) is 104 cm³/mol. The van der Waals surface area contributed by atoms with E-state index in [-0.39, 0.29) is 17.9 Å². The van der Waals surface area contributed by atoms with E-state index in [2.05, 4.69) is 43.4 Å². The Bertz CT molecular complexity index is 718. The highest BCUT2D eigenvalue weighted by atomic mass is 35.5. The Balaban J connectivity index is 2.25. The van der Waals surface area contributed by atoms with Gasteiger partial charge >= 0.3 is 0 Å². The topological polar surface area (TPSA) is 59.0 Å². The molecule has 0 atom stereocenters. The number of amides is 1. The normalized spacial score (nSPS) is 11.6. The first-order valence-electron chi connectivity index (χ1n) is 8.69. The molecule has 0 saturated carbocycles. The molecule has 1 heterocycles. The number of benzene rings is 1. The zero-order valence-electron chi connectivity index (χ0n) is 15.4. The quantitative estimate of drug-likeness (QED) is 0.727. The van der Waals surface area contributed by atoms with Crippen LogP contribution in [0.4, 0.5) is 5.82 Å². The Hall–Kier alpha value is -1.85. The van der Waals surface area contributed by atoms with Crippen LogP contribution >= 0.6 is 11.6 Å². The van der Waals surface area contributed by atoms with Crippen LogP contribution in [0.1, 0.15) is 46.2 Å². The molecule has 1 aromatic heterocycles. The van der Waals surface area contributed by atoms with E-state index in [1.165, 1.54) is 0 Å². The van der Waals surface area contributed by atoms with Gasteiger partial charge in [-0.1, -0.05) is 57.8 Å². The van der Waals surface area contributed by atoms with E-state index in [1.807, 2.05) is 30.3 Å². The molecule has 5 nitrogen and oxygen atoms in total. The highest BCUT2D eigenvalue weighted by Gasteiger charge is 2.22. The van der Waals surface area contributed by atoms with Crippen molar-refractivity contribution in [3.05, 3.63) is 41.0 Å². The number of carbonyl (C=O) groups is 1. The molecule has 0 bridgehead atoms. The maximum Gasteiger partial charge on any atom is 0.239 e. The van der Waals surface area contributed by atoms with Crippen molar-refractivity contribution < 1.29 is 4.79 Å². The second-order valence-electron chi connectivity index (χ2n) is 7.11. The van der Waals surface area contributed by atoms with E-state index in [4.69, 9.17) is 11.6 Å². The lowest BCUT2D eigenvalue weighted by atomic mass is 9.92. The van der Waals surface area contributed by atoms with Crippen LogP contribution in [0.15, 0.2) is 30.3 Å². The molecular weight excluding hydrogens is 336 g/mol. The number of rotatable bonds is 7. The number of para-hydroxylation sites is 1. The number of unbranched alkanes of at least 4 members (excludes halogenated alkanes) is 1. The SMILES string of the molecule is CCCCNCC(=O)Nc1cc(C(C)(C)C)nn1-c1ccccc1Cl. The molecule has 0 aliphatic heterocycles. The summed E-state index contributed by atoms with van der Waals surface area (Å²) in [6.07, 6.45) is 2.15. The molecule has 25 heavy (non-hydrogen) atoms. The van der Waals surface area contributed by atoms with Crippen molar-refractivity contribution in [3.63, 3.8) is 0 Å². The molecule has 0 saturated heterocycles. The van der Waals surface area contributed by atoms with Crippen LogP contribution in [0.3, 0.4) is 0 Å². The lowest BCUT2D eigenvalue weighted by Gasteiger charge is -2.14. The molecule has 2 aromatic rings. The van der Waals surface area contributed by atoms with Crippen molar-refractivity contribution in [1.29, 1.82) is 0 Å². The largest absolute Gasteiger partial charge is 0.309 e. The van der Waals surface area contributed by atoms with E-state index in [9.17, 15) is 4.79 Å². The van der Waals surface area contributed by atoms with Gasteiger partial charge in [0.1, 0.15) is 5.82 Å². The Morgan fingerprint density at radius 3 is 2.64 bits per heavy atom. The second-order valence-corrected chi connectivity index (χ2v) is 7.51. The van der Waals surface area contributed by atoms with Crippen LogP contribution in [0.25, 0.3) is 5.69 Å². The molecule has 2 rings (SSSR count). The van der Waals surface area contributed by atoms with E-state index in [0.29, 0.717) is 10.8 Å². The second kappa shape index (κ2) is 8.50. The van der Waals surface area contributed by atoms with Crippen LogP contribution in [0.2, 0.25) is 5.02 Å². The molecule has 2 N–H and O–H groups in total. The fourth-order valence-corrected chi connectivity index (χ4v) is 2.55. The summed E-state index contributed by atoms with van der Waals surface area (Å²) in [5.74, 6) is 0.532. The fraction of sp³-hybridized carbons (Fsp3) is 0.474. The van der Waals surface area contributed by atoms with Gasteiger partial charge in [-0.3, -0.25) is 4.79 Å². The Labute approximate surface area is 154 Å². The number of nitrogens with zero attached hydrogens (tertiary/aromatic N) is 2. The minimum absolute atomic E-state index is 0.0928. The third-order valence-corrected chi connectivity index (χ3v) is 4.14. The Morgan fingerprint density at radius 2 is 2.00 bits per heavy atom. The number of halogens is 1. The Kier molecular flexibility index (Phi) is 6.62. The van der Waals surface area contributed by atoms with Gasteiger partial charge in [-0.25, -0.2) is 4.68 Å². The van der Waals surface area contributed by atoms with E-state index in [0.717, 1.165) is 30.8 Å². The van der Waals surface area contributed by atoms with Crippen LogP contribution in [0.5, 0.6) is 0 Å². The first-order valence-corrected chi connectivity index (χ1v) is 9.06. The first kappa shape index (κ1) is 19.5. The maximum atomic E-state index is 12.3. The summed E-state index contributed by atoms with van der Waals surface area (Å²) < 4.78 is 1.70. The highest BCUT2D eigenvalue weighted by Crippen LogP contribution is 2.28. The van der Waals surface area contributed by atoms with Crippen molar-refractivity contribution in [2.75, 3.05) is 18.4 Å². The summed E-state index contributed by atoms with van der Waals surface area (Å²) in [6.45, 7) is 9.50. The standard InChI is InChI=1S/C19H27ClN4O/c1-5-6-11-21-13-18(25)22-17-12-16(19(2,3)4)23-24(17)15-10-8-7-9-14(15)20/h7-10,12,21H,5-6,11,13H2,1-4H3,(H,22,25). The molecule has 0 spiro atoms. The first-order chi connectivity index (χ1) is 11.8. The van der Waals surface area contributed by atoms with Crippen molar-refractivity contribution in [1.82, 2.24) is 15.1 Å². The summed E-state index contributed by atoms with van der Waals surface area (Å²) in [6, 6.07) is 9.38. The molecule has 0 aliphatic rings. The lowest BCUT2D eigenvalue weighted by molar-refractivity contribution is -0.115. The molecule has 0 unspecified atom stereocenters. The molecule has 1 aromatic carbocycles. The van der Waals surface area contributed by atoms with Gasteiger partial charge in [-0.2, -0.15) is 5.10 Å². The molecule has 0 aliphatic carbocycles. The summed E-state index contributed by atoms with van der Waals surface area (Å²) in [5, 5.41) is 11.4. The fourth-order valence-electron chi connectivity index (χ4n) is 2.33. The van der Waals surface area contributed by atoms with Crippen LogP contribution < -0.4 is 10.6 Å². The van der Waals surface area contributed by atoms with E-state index < -0.39 is 0 Å². The maximum absolute atomic E-state index is 12.3. The minimum Gasteiger partial charge on any atom is -0.309 e. The zero-order valence-corrected chi connectivity index (χ0v) is 16.2. The monoisotopic (exact) mass is 362 g/mol. The van der Waals surface area contributed by atoms with E-state index >= 15 is 0 Å². The predicted octanol–water partition coefficient (Wildman–Crippen LogP) is 4.15. The summed E-state index contributed by atoms with van der Waals surface area (Å²) >= 11 is 6.32. The van der Waals surface area contributed by atoms with Gasteiger partial charge in [0, 0.05) is 11.5 Å². The van der Waals surface area contributed by atoms with Crippen LogP contribution in [0, 0.1) is 0 Å². The number of aromatic nitrogens is 2. The third kappa shape index (κ3) is 5.31. The molecule has 0 fully saturated rings. The smallest absolute Gasteiger partial charge is 0.239 e. The number of nitrogens with one attached hydrogen (secondary N) is 2. The van der Waals surface area contributed by atoms with Gasteiger partial charge in [-0.05, 0) is 25.1 Å². The van der Waals surface area contributed by atoms with Gasteiger partial charge in [0.25, 0.3) is 0 Å². The zero-order chi connectivity index (χ0) is 18.4. The van der Waals surface area contributed by atoms with Gasteiger partial charge in [0.05, 0.1) is 22.9 Å². The molecule has 0 radical (unpaired) electrons. The average molecular weight is 363 g/mol. The molecule has 1 amide bonds. The molecule has 6 heteroatoms. The number of anilines is 1. The van der Waals surface area contributed by atoms with E-state index in [1.54, 1.807) is 4.68 Å².